The monoisotopic (exact) mass is 469 g/mol. The molecule has 0 radical (unpaired) electrons. The molecule has 3 aromatic rings. The van der Waals surface area contributed by atoms with E-state index in [1.165, 1.54) is 6.08 Å². The van der Waals surface area contributed by atoms with Crippen LogP contribution in [0.1, 0.15) is 16.7 Å². The van der Waals surface area contributed by atoms with Gasteiger partial charge < -0.3 is 14.8 Å². The van der Waals surface area contributed by atoms with Gasteiger partial charge in [0.05, 0.1) is 0 Å². The number of hydrogen-bond donors (Lipinski definition) is 1. The lowest BCUT2D eigenvalue weighted by molar-refractivity contribution is -0.142. The number of ether oxygens (including phenoxy) is 2. The van der Waals surface area contributed by atoms with E-state index in [9.17, 15) is 9.59 Å². The van der Waals surface area contributed by atoms with E-state index in [1.54, 1.807) is 55.5 Å². The Labute approximate surface area is 196 Å². The van der Waals surface area contributed by atoms with Crippen molar-refractivity contribution in [3.63, 3.8) is 0 Å². The number of amides is 1. The minimum Gasteiger partial charge on any atom is -0.489 e. The molecule has 0 aromatic heterocycles. The average Bonchev–Trinajstić information content (AvgIpc) is 2.79. The number of benzene rings is 3. The summed E-state index contributed by atoms with van der Waals surface area (Å²) in [6, 6.07) is 19.9. The molecule has 5 nitrogen and oxygen atoms in total. The fourth-order valence-corrected chi connectivity index (χ4v) is 3.09. The van der Waals surface area contributed by atoms with Gasteiger partial charge >= 0.3 is 5.97 Å². The molecule has 0 fully saturated rings. The van der Waals surface area contributed by atoms with E-state index in [1.807, 2.05) is 24.3 Å². The van der Waals surface area contributed by atoms with E-state index in [0.717, 1.165) is 16.7 Å². The van der Waals surface area contributed by atoms with Crippen molar-refractivity contribution < 1.29 is 19.1 Å². The quantitative estimate of drug-likeness (QED) is 0.320. The number of halogens is 2. The zero-order valence-electron chi connectivity index (χ0n) is 17.3. The summed E-state index contributed by atoms with van der Waals surface area (Å²) in [5, 5.41) is 3.87. The Morgan fingerprint density at radius 2 is 1.66 bits per heavy atom. The van der Waals surface area contributed by atoms with Gasteiger partial charge in [0.15, 0.2) is 6.61 Å². The maximum Gasteiger partial charge on any atom is 0.331 e. The predicted octanol–water partition coefficient (Wildman–Crippen LogP) is 6.08. The minimum absolute atomic E-state index is 0.359. The Balaban J connectivity index is 1.45. The van der Waals surface area contributed by atoms with Crippen LogP contribution in [0.3, 0.4) is 0 Å². The lowest BCUT2D eigenvalue weighted by Gasteiger charge is -2.09. The van der Waals surface area contributed by atoms with Crippen LogP contribution in [0.5, 0.6) is 5.75 Å². The largest absolute Gasteiger partial charge is 0.489 e. The average molecular weight is 470 g/mol. The van der Waals surface area contributed by atoms with E-state index in [2.05, 4.69) is 5.32 Å². The highest BCUT2D eigenvalue weighted by Gasteiger charge is 2.09. The van der Waals surface area contributed by atoms with Gasteiger partial charge in [0.1, 0.15) is 12.4 Å². The van der Waals surface area contributed by atoms with Gasteiger partial charge in [0.2, 0.25) is 0 Å². The van der Waals surface area contributed by atoms with Crippen molar-refractivity contribution in [1.29, 1.82) is 0 Å². The summed E-state index contributed by atoms with van der Waals surface area (Å²) in [7, 11) is 0. The van der Waals surface area contributed by atoms with Gasteiger partial charge in [-0.25, -0.2) is 4.79 Å². The van der Waals surface area contributed by atoms with Crippen LogP contribution < -0.4 is 10.1 Å². The van der Waals surface area contributed by atoms with Gasteiger partial charge in [-0.3, -0.25) is 4.79 Å². The van der Waals surface area contributed by atoms with Crippen LogP contribution in [0.15, 0.2) is 72.8 Å². The summed E-state index contributed by atoms with van der Waals surface area (Å²) in [5.41, 5.74) is 3.00. The molecule has 164 valence electrons. The molecule has 3 rings (SSSR count). The van der Waals surface area contributed by atoms with Crippen molar-refractivity contribution in [2.24, 2.45) is 0 Å². The van der Waals surface area contributed by atoms with E-state index in [-0.39, 0.29) is 0 Å². The molecule has 0 spiro atoms. The molecule has 32 heavy (non-hydrogen) atoms. The van der Waals surface area contributed by atoms with Crippen molar-refractivity contribution in [2.75, 3.05) is 11.9 Å². The molecule has 0 atom stereocenters. The maximum atomic E-state index is 12.0. The molecule has 0 aliphatic carbocycles. The molecule has 0 aliphatic heterocycles. The zero-order valence-corrected chi connectivity index (χ0v) is 18.8. The lowest BCUT2D eigenvalue weighted by atomic mass is 10.2. The smallest absolute Gasteiger partial charge is 0.331 e. The number of rotatable bonds is 8. The molecule has 3 aromatic carbocycles. The lowest BCUT2D eigenvalue weighted by Crippen LogP contribution is -2.20. The number of anilines is 1. The number of carbonyl (C=O) groups is 2. The molecule has 0 unspecified atom stereocenters. The van der Waals surface area contributed by atoms with E-state index < -0.39 is 18.5 Å². The van der Waals surface area contributed by atoms with Gasteiger partial charge in [-0.05, 0) is 54.5 Å². The summed E-state index contributed by atoms with van der Waals surface area (Å²) in [5.74, 6) is -0.392. The van der Waals surface area contributed by atoms with Crippen LogP contribution in [0.25, 0.3) is 6.08 Å². The molecular formula is C25H21Cl2NO4. The summed E-state index contributed by atoms with van der Waals surface area (Å²) in [6.45, 7) is 1.75. The molecular weight excluding hydrogens is 449 g/mol. The third-order valence-electron chi connectivity index (χ3n) is 4.53. The SMILES string of the molecule is Cc1c(Cl)cccc1NC(=O)COC(=O)C=Cc1ccc(OCc2ccccc2Cl)cc1. The van der Waals surface area contributed by atoms with Crippen LogP contribution in [0, 0.1) is 6.92 Å². The first kappa shape index (κ1) is 23.4. The van der Waals surface area contributed by atoms with Crippen LogP contribution in [0.4, 0.5) is 5.69 Å². The predicted molar refractivity (Wildman–Crippen MR) is 127 cm³/mol. The maximum absolute atomic E-state index is 12.0. The van der Waals surface area contributed by atoms with Crippen molar-refractivity contribution >= 4 is 46.8 Å². The van der Waals surface area contributed by atoms with Crippen LogP contribution >= 0.6 is 23.2 Å². The van der Waals surface area contributed by atoms with Gasteiger partial charge in [-0.1, -0.05) is 59.6 Å². The summed E-state index contributed by atoms with van der Waals surface area (Å²) in [4.78, 5) is 23.9. The summed E-state index contributed by atoms with van der Waals surface area (Å²) < 4.78 is 10.7. The minimum atomic E-state index is -0.623. The van der Waals surface area contributed by atoms with Gasteiger partial charge in [0.25, 0.3) is 5.91 Å². The van der Waals surface area contributed by atoms with Crippen LogP contribution in [0.2, 0.25) is 10.0 Å². The summed E-state index contributed by atoms with van der Waals surface area (Å²) in [6.07, 6.45) is 2.86. The summed E-state index contributed by atoms with van der Waals surface area (Å²) >= 11 is 12.1. The molecule has 1 amide bonds. The van der Waals surface area contributed by atoms with Crippen molar-refractivity contribution in [3.05, 3.63) is 99.5 Å². The first-order valence-corrected chi connectivity index (χ1v) is 10.5. The molecule has 0 aliphatic rings. The second-order valence-electron chi connectivity index (χ2n) is 6.85. The first-order chi connectivity index (χ1) is 15.4. The van der Waals surface area contributed by atoms with Crippen molar-refractivity contribution in [1.82, 2.24) is 0 Å². The third kappa shape index (κ3) is 6.87. The van der Waals surface area contributed by atoms with Gasteiger partial charge in [-0.2, -0.15) is 0 Å². The number of hydrogen-bond acceptors (Lipinski definition) is 4. The van der Waals surface area contributed by atoms with Crippen molar-refractivity contribution in [3.8, 4) is 5.75 Å². The van der Waals surface area contributed by atoms with Gasteiger partial charge in [0, 0.05) is 27.4 Å². The van der Waals surface area contributed by atoms with E-state index in [4.69, 9.17) is 32.7 Å². The molecule has 7 heteroatoms. The number of carbonyl (C=O) groups excluding carboxylic acids is 2. The second-order valence-corrected chi connectivity index (χ2v) is 7.67. The normalized spacial score (nSPS) is 10.7. The van der Waals surface area contributed by atoms with Crippen LogP contribution in [-0.4, -0.2) is 18.5 Å². The fraction of sp³-hybridized carbons (Fsp3) is 0.120. The topological polar surface area (TPSA) is 64.6 Å². The first-order valence-electron chi connectivity index (χ1n) is 9.78. The Hall–Kier alpha value is -3.28. The molecule has 0 saturated carbocycles. The van der Waals surface area contributed by atoms with Crippen molar-refractivity contribution in [2.45, 2.75) is 13.5 Å². The molecule has 1 N–H and O–H groups in total. The highest BCUT2D eigenvalue weighted by atomic mass is 35.5. The third-order valence-corrected chi connectivity index (χ3v) is 5.31. The highest BCUT2D eigenvalue weighted by Crippen LogP contribution is 2.23. The van der Waals surface area contributed by atoms with Crippen LogP contribution in [-0.2, 0) is 20.9 Å². The zero-order chi connectivity index (χ0) is 22.9. The Morgan fingerprint density at radius 1 is 0.938 bits per heavy atom. The molecule has 0 saturated heterocycles. The number of nitrogens with one attached hydrogen (secondary N) is 1. The highest BCUT2D eigenvalue weighted by molar-refractivity contribution is 6.32. The molecule has 0 heterocycles. The number of esters is 1. The van der Waals surface area contributed by atoms with E-state index >= 15 is 0 Å². The Kier molecular flexibility index (Phi) is 8.31. The van der Waals surface area contributed by atoms with E-state index in [0.29, 0.717) is 28.1 Å². The molecule has 0 bridgehead atoms. The Bertz CT molecular complexity index is 1130. The standard InChI is InChI=1S/C25H21Cl2NO4/c1-17-21(26)7-4-8-23(17)28-24(29)16-32-25(30)14-11-18-9-12-20(13-10-18)31-15-19-5-2-3-6-22(19)27/h2-14H,15-16H2,1H3,(H,28,29). The fourth-order valence-electron chi connectivity index (χ4n) is 2.73. The van der Waals surface area contributed by atoms with Gasteiger partial charge in [-0.15, -0.1) is 0 Å². The second kappa shape index (κ2) is 11.4. The Morgan fingerprint density at radius 3 is 2.41 bits per heavy atom.